The van der Waals surface area contributed by atoms with E-state index in [1.54, 1.807) is 18.3 Å². The lowest BCUT2D eigenvalue weighted by Crippen LogP contribution is -2.40. The van der Waals surface area contributed by atoms with Crippen molar-refractivity contribution in [3.05, 3.63) is 82.0 Å². The molecule has 0 saturated carbocycles. The van der Waals surface area contributed by atoms with Crippen molar-refractivity contribution in [2.24, 2.45) is 0 Å². The Morgan fingerprint density at radius 3 is 2.43 bits per heavy atom. The highest BCUT2D eigenvalue weighted by atomic mass is 35.5. The lowest BCUT2D eigenvalue weighted by molar-refractivity contribution is 0.521. The average Bonchev–Trinajstić information content (AvgIpc) is 2.73. The average molecular weight is 399 g/mol. The molecule has 2 heterocycles. The fourth-order valence-corrected chi connectivity index (χ4v) is 3.71. The van der Waals surface area contributed by atoms with Gasteiger partial charge in [-0.2, -0.15) is 9.78 Å². The van der Waals surface area contributed by atoms with Crippen molar-refractivity contribution in [3.8, 4) is 5.69 Å². The van der Waals surface area contributed by atoms with Gasteiger partial charge in [-0.1, -0.05) is 41.9 Å². The molecule has 0 amide bonds. The highest BCUT2D eigenvalue weighted by molar-refractivity contribution is 6.33. The Bertz CT molecular complexity index is 1020. The monoisotopic (exact) mass is 398 g/mol. The predicted octanol–water partition coefficient (Wildman–Crippen LogP) is 4.11. The first-order chi connectivity index (χ1) is 13.6. The van der Waals surface area contributed by atoms with Gasteiger partial charge in [0.05, 0.1) is 23.3 Å². The van der Waals surface area contributed by atoms with Crippen molar-refractivity contribution in [1.82, 2.24) is 9.78 Å². The van der Waals surface area contributed by atoms with Gasteiger partial charge in [0.2, 0.25) is 0 Å². The van der Waals surface area contributed by atoms with Crippen LogP contribution in [0.4, 0.5) is 15.8 Å². The quantitative estimate of drug-likeness (QED) is 0.718. The Kier molecular flexibility index (Phi) is 5.30. The Hall–Kier alpha value is -2.86. The molecule has 1 aromatic heterocycles. The molecule has 0 spiro atoms. The van der Waals surface area contributed by atoms with Crippen LogP contribution in [0.5, 0.6) is 0 Å². The van der Waals surface area contributed by atoms with Crippen LogP contribution in [0.1, 0.15) is 12.8 Å². The van der Waals surface area contributed by atoms with Crippen LogP contribution in [0.15, 0.2) is 65.6 Å². The van der Waals surface area contributed by atoms with Gasteiger partial charge < -0.3 is 10.2 Å². The second kappa shape index (κ2) is 8.02. The van der Waals surface area contributed by atoms with Crippen LogP contribution in [0, 0.1) is 5.82 Å². The molecule has 1 saturated heterocycles. The first-order valence-electron chi connectivity index (χ1n) is 9.23. The first-order valence-corrected chi connectivity index (χ1v) is 9.60. The molecule has 0 bridgehead atoms. The van der Waals surface area contributed by atoms with Crippen LogP contribution in [0.2, 0.25) is 5.02 Å². The summed E-state index contributed by atoms with van der Waals surface area (Å²) in [7, 11) is 0. The third kappa shape index (κ3) is 3.73. The number of rotatable bonds is 4. The SMILES string of the molecule is O=c1c(Cl)c(N2CCC(Nc3ccccc3F)CC2)cnn1-c1ccccc1. The van der Waals surface area contributed by atoms with E-state index >= 15 is 0 Å². The van der Waals surface area contributed by atoms with Crippen LogP contribution in [0.25, 0.3) is 5.69 Å². The summed E-state index contributed by atoms with van der Waals surface area (Å²) in [6, 6.07) is 16.0. The van der Waals surface area contributed by atoms with Crippen LogP contribution >= 0.6 is 11.6 Å². The number of piperidine rings is 1. The molecule has 0 atom stereocenters. The van der Waals surface area contributed by atoms with Gasteiger partial charge in [-0.3, -0.25) is 4.79 Å². The Morgan fingerprint density at radius 2 is 1.71 bits per heavy atom. The van der Waals surface area contributed by atoms with Gasteiger partial charge in [0.1, 0.15) is 10.8 Å². The van der Waals surface area contributed by atoms with E-state index in [1.165, 1.54) is 10.7 Å². The van der Waals surface area contributed by atoms with Crippen molar-refractivity contribution in [1.29, 1.82) is 0 Å². The van der Waals surface area contributed by atoms with E-state index in [0.29, 0.717) is 30.2 Å². The number of nitrogens with one attached hydrogen (secondary N) is 1. The second-order valence-electron chi connectivity index (χ2n) is 6.78. The Labute approximate surface area is 167 Å². The highest BCUT2D eigenvalue weighted by Crippen LogP contribution is 2.26. The number of para-hydroxylation sites is 2. The third-order valence-electron chi connectivity index (χ3n) is 4.97. The second-order valence-corrected chi connectivity index (χ2v) is 7.16. The molecule has 1 aliphatic rings. The Morgan fingerprint density at radius 1 is 1.04 bits per heavy atom. The van der Waals surface area contributed by atoms with Crippen molar-refractivity contribution in [3.63, 3.8) is 0 Å². The summed E-state index contributed by atoms with van der Waals surface area (Å²) in [5.74, 6) is -0.248. The van der Waals surface area contributed by atoms with Crippen LogP contribution < -0.4 is 15.8 Å². The molecule has 0 aliphatic carbocycles. The lowest BCUT2D eigenvalue weighted by atomic mass is 10.0. The maximum absolute atomic E-state index is 13.8. The zero-order chi connectivity index (χ0) is 19.5. The van der Waals surface area contributed by atoms with E-state index in [-0.39, 0.29) is 22.4 Å². The number of hydrogen-bond donors (Lipinski definition) is 1. The maximum atomic E-state index is 13.8. The molecule has 0 unspecified atom stereocenters. The topological polar surface area (TPSA) is 50.2 Å². The number of nitrogens with zero attached hydrogens (tertiary/aromatic N) is 3. The summed E-state index contributed by atoms with van der Waals surface area (Å²) in [4.78, 5) is 14.7. The molecular formula is C21H20ClFN4O. The number of halogens is 2. The van der Waals surface area contributed by atoms with E-state index in [0.717, 1.165) is 12.8 Å². The maximum Gasteiger partial charge on any atom is 0.292 e. The summed E-state index contributed by atoms with van der Waals surface area (Å²) in [6.45, 7) is 1.42. The smallest absolute Gasteiger partial charge is 0.292 e. The fourth-order valence-electron chi connectivity index (χ4n) is 3.46. The molecule has 144 valence electrons. The van der Waals surface area contributed by atoms with E-state index < -0.39 is 0 Å². The molecule has 28 heavy (non-hydrogen) atoms. The molecular weight excluding hydrogens is 379 g/mol. The third-order valence-corrected chi connectivity index (χ3v) is 5.33. The first kappa shape index (κ1) is 18.5. The van der Waals surface area contributed by atoms with Gasteiger partial charge in [0.25, 0.3) is 5.56 Å². The lowest BCUT2D eigenvalue weighted by Gasteiger charge is -2.34. The normalized spacial score (nSPS) is 14.9. The molecule has 4 rings (SSSR count). The molecule has 7 heteroatoms. The zero-order valence-corrected chi connectivity index (χ0v) is 15.9. The summed E-state index contributed by atoms with van der Waals surface area (Å²) in [5.41, 5.74) is 1.50. The van der Waals surface area contributed by atoms with Gasteiger partial charge in [0.15, 0.2) is 0 Å². The number of anilines is 2. The fraction of sp³-hybridized carbons (Fsp3) is 0.238. The number of aromatic nitrogens is 2. The molecule has 0 radical (unpaired) electrons. The summed E-state index contributed by atoms with van der Waals surface area (Å²) < 4.78 is 15.1. The van der Waals surface area contributed by atoms with Crippen molar-refractivity contribution < 1.29 is 4.39 Å². The molecule has 5 nitrogen and oxygen atoms in total. The minimum Gasteiger partial charge on any atom is -0.380 e. The van der Waals surface area contributed by atoms with Gasteiger partial charge >= 0.3 is 0 Å². The van der Waals surface area contributed by atoms with E-state index in [4.69, 9.17) is 11.6 Å². The molecule has 1 fully saturated rings. The summed E-state index contributed by atoms with van der Waals surface area (Å²) >= 11 is 6.39. The van der Waals surface area contributed by atoms with Gasteiger partial charge in [0, 0.05) is 19.1 Å². The van der Waals surface area contributed by atoms with E-state index in [1.807, 2.05) is 36.4 Å². The summed E-state index contributed by atoms with van der Waals surface area (Å²) in [5, 5.41) is 7.72. The number of hydrogen-bond acceptors (Lipinski definition) is 4. The van der Waals surface area contributed by atoms with Gasteiger partial charge in [-0.15, -0.1) is 0 Å². The summed E-state index contributed by atoms with van der Waals surface area (Å²) in [6.07, 6.45) is 3.26. The molecule has 2 aromatic carbocycles. The Balaban J connectivity index is 1.47. The number of benzene rings is 2. The van der Waals surface area contributed by atoms with Gasteiger partial charge in [-0.25, -0.2) is 4.39 Å². The highest BCUT2D eigenvalue weighted by Gasteiger charge is 2.23. The van der Waals surface area contributed by atoms with Crippen LogP contribution in [0.3, 0.4) is 0 Å². The van der Waals surface area contributed by atoms with Crippen molar-refractivity contribution in [2.75, 3.05) is 23.3 Å². The molecule has 3 aromatic rings. The van der Waals surface area contributed by atoms with Gasteiger partial charge in [-0.05, 0) is 37.1 Å². The van der Waals surface area contributed by atoms with Crippen LogP contribution in [-0.4, -0.2) is 28.9 Å². The molecule has 1 N–H and O–H groups in total. The minimum atomic E-state index is -0.336. The predicted molar refractivity (Wildman–Crippen MR) is 110 cm³/mol. The van der Waals surface area contributed by atoms with Crippen molar-refractivity contribution >= 4 is 23.0 Å². The van der Waals surface area contributed by atoms with E-state index in [9.17, 15) is 9.18 Å². The molecule has 1 aliphatic heterocycles. The zero-order valence-electron chi connectivity index (χ0n) is 15.2. The van der Waals surface area contributed by atoms with Crippen molar-refractivity contribution in [2.45, 2.75) is 18.9 Å². The standard InChI is InChI=1S/C21H20ClFN4O/c22-20-19(14-24-27(21(20)28)16-6-2-1-3-7-16)26-12-10-15(11-13-26)25-18-9-5-4-8-17(18)23/h1-9,14-15,25H,10-13H2. The minimum absolute atomic E-state index is 0.166. The van der Waals surface area contributed by atoms with E-state index in [2.05, 4.69) is 15.3 Å². The largest absolute Gasteiger partial charge is 0.380 e. The van der Waals surface area contributed by atoms with Crippen LogP contribution in [-0.2, 0) is 0 Å².